The van der Waals surface area contributed by atoms with Crippen molar-refractivity contribution in [2.45, 2.75) is 6.92 Å². The minimum Gasteiger partial charge on any atom is -0.478 e. The van der Waals surface area contributed by atoms with Crippen LogP contribution in [0.3, 0.4) is 0 Å². The van der Waals surface area contributed by atoms with E-state index in [-0.39, 0.29) is 5.57 Å². The molecule has 0 spiro atoms. The third kappa shape index (κ3) is 4.84. The summed E-state index contributed by atoms with van der Waals surface area (Å²) < 4.78 is 11.1. The van der Waals surface area contributed by atoms with Crippen LogP contribution in [0.25, 0.3) is 37.2 Å². The Labute approximate surface area is 208 Å². The number of anilines is 1. The molecule has 7 nitrogen and oxygen atoms in total. The number of ether oxygens (including phenoxy) is 1. The standard InChI is InChI=1S/C26H21NO6S2/c1-15(28)19(25(29)30)14-18-4-5-23(34-18)24-7-6-22(35-24)20-12-16-2-3-17(13-21(16)33-26(20)31)27-8-10-32-11-9-27/h2-7,12-14H,8-11H2,1H3,(H,29,30)/b19-14+. The van der Waals surface area contributed by atoms with E-state index in [1.54, 1.807) is 6.07 Å². The maximum Gasteiger partial charge on any atom is 0.345 e. The highest BCUT2D eigenvalue weighted by Crippen LogP contribution is 2.38. The first-order chi connectivity index (χ1) is 16.9. The fourth-order valence-corrected chi connectivity index (χ4v) is 5.98. The quantitative estimate of drug-likeness (QED) is 0.167. The summed E-state index contributed by atoms with van der Waals surface area (Å²) in [4.78, 5) is 41.2. The lowest BCUT2D eigenvalue weighted by atomic mass is 10.1. The monoisotopic (exact) mass is 507 g/mol. The van der Waals surface area contributed by atoms with Gasteiger partial charge in [-0.1, -0.05) is 0 Å². The molecular formula is C26H21NO6S2. The van der Waals surface area contributed by atoms with Crippen molar-refractivity contribution in [1.82, 2.24) is 0 Å². The van der Waals surface area contributed by atoms with Crippen LogP contribution < -0.4 is 10.5 Å². The zero-order valence-electron chi connectivity index (χ0n) is 18.8. The highest BCUT2D eigenvalue weighted by Gasteiger charge is 2.16. The van der Waals surface area contributed by atoms with Crippen molar-refractivity contribution in [3.63, 3.8) is 0 Å². The number of aliphatic carboxylic acids is 1. The van der Waals surface area contributed by atoms with Gasteiger partial charge in [-0.2, -0.15) is 0 Å². The molecule has 0 unspecified atom stereocenters. The van der Waals surface area contributed by atoms with Crippen LogP contribution in [-0.4, -0.2) is 43.2 Å². The third-order valence-corrected chi connectivity index (χ3v) is 8.08. The van der Waals surface area contributed by atoms with Crippen LogP contribution in [0.15, 0.2) is 63.3 Å². The molecule has 0 atom stereocenters. The van der Waals surface area contributed by atoms with E-state index in [0.717, 1.165) is 38.8 Å². The van der Waals surface area contributed by atoms with E-state index >= 15 is 0 Å². The van der Waals surface area contributed by atoms with E-state index < -0.39 is 17.4 Å². The predicted octanol–water partition coefficient (Wildman–Crippen LogP) is 5.14. The molecule has 3 aromatic heterocycles. The molecule has 0 saturated carbocycles. The summed E-state index contributed by atoms with van der Waals surface area (Å²) in [6.07, 6.45) is 1.39. The van der Waals surface area contributed by atoms with Gasteiger partial charge in [0.05, 0.1) is 18.8 Å². The number of fused-ring (bicyclic) bond motifs is 1. The number of nitrogens with zero attached hydrogens (tertiary/aromatic N) is 1. The maximum atomic E-state index is 12.8. The molecule has 1 aliphatic rings. The summed E-state index contributed by atoms with van der Waals surface area (Å²) in [6.45, 7) is 4.21. The number of rotatable bonds is 6. The Hall–Kier alpha value is -3.53. The van der Waals surface area contributed by atoms with Crippen LogP contribution in [0, 0.1) is 0 Å². The van der Waals surface area contributed by atoms with E-state index in [1.807, 2.05) is 42.5 Å². The molecule has 5 rings (SSSR count). The molecule has 178 valence electrons. The highest BCUT2D eigenvalue weighted by molar-refractivity contribution is 7.24. The van der Waals surface area contributed by atoms with Crippen molar-refractivity contribution in [2.24, 2.45) is 0 Å². The molecule has 1 N–H and O–H groups in total. The number of carbonyl (C=O) groups is 2. The summed E-state index contributed by atoms with van der Waals surface area (Å²) in [5.74, 6) is -1.74. The van der Waals surface area contributed by atoms with E-state index in [2.05, 4.69) is 4.90 Å². The Morgan fingerprint density at radius 3 is 2.43 bits per heavy atom. The van der Waals surface area contributed by atoms with Crippen molar-refractivity contribution < 1.29 is 23.8 Å². The van der Waals surface area contributed by atoms with Crippen molar-refractivity contribution >= 4 is 57.2 Å². The molecule has 1 saturated heterocycles. The van der Waals surface area contributed by atoms with Crippen molar-refractivity contribution in [2.75, 3.05) is 31.2 Å². The van der Waals surface area contributed by atoms with Crippen LogP contribution >= 0.6 is 22.7 Å². The number of hydrogen-bond acceptors (Lipinski definition) is 8. The molecule has 4 aromatic rings. The molecule has 1 aromatic carbocycles. The zero-order chi connectivity index (χ0) is 24.5. The highest BCUT2D eigenvalue weighted by atomic mass is 32.1. The Balaban J connectivity index is 1.43. The molecule has 1 aliphatic heterocycles. The van der Waals surface area contributed by atoms with Gasteiger partial charge in [-0.3, -0.25) is 4.79 Å². The Kier molecular flexibility index (Phi) is 6.38. The van der Waals surface area contributed by atoms with E-state index in [1.165, 1.54) is 35.7 Å². The molecular weight excluding hydrogens is 486 g/mol. The summed E-state index contributed by atoms with van der Waals surface area (Å²) in [5.41, 5.74) is 1.40. The summed E-state index contributed by atoms with van der Waals surface area (Å²) in [6, 6.07) is 15.2. The minimum absolute atomic E-state index is 0.254. The van der Waals surface area contributed by atoms with Crippen molar-refractivity contribution in [3.8, 4) is 20.2 Å². The van der Waals surface area contributed by atoms with Gasteiger partial charge in [0.25, 0.3) is 0 Å². The lowest BCUT2D eigenvalue weighted by Gasteiger charge is -2.28. The fraction of sp³-hybridized carbons (Fsp3) is 0.192. The second-order valence-corrected chi connectivity index (χ2v) is 10.3. The van der Waals surface area contributed by atoms with Gasteiger partial charge in [0.15, 0.2) is 5.78 Å². The molecule has 9 heteroatoms. The Bertz CT molecular complexity index is 1500. The average molecular weight is 508 g/mol. The summed E-state index contributed by atoms with van der Waals surface area (Å²) in [7, 11) is 0. The van der Waals surface area contributed by atoms with Crippen molar-refractivity contribution in [3.05, 3.63) is 69.4 Å². The number of benzene rings is 1. The van der Waals surface area contributed by atoms with Gasteiger partial charge in [-0.05, 0) is 55.5 Å². The Morgan fingerprint density at radius 1 is 0.971 bits per heavy atom. The van der Waals surface area contributed by atoms with Crippen LogP contribution in [0.4, 0.5) is 5.69 Å². The molecule has 1 fully saturated rings. The molecule has 35 heavy (non-hydrogen) atoms. The van der Waals surface area contributed by atoms with Gasteiger partial charge in [-0.25, -0.2) is 9.59 Å². The summed E-state index contributed by atoms with van der Waals surface area (Å²) in [5, 5.41) is 10.1. The number of Topliss-reactive ketones (excluding diaryl/α,β-unsaturated/α-hetero) is 1. The first-order valence-electron chi connectivity index (χ1n) is 11.0. The van der Waals surface area contributed by atoms with E-state index in [4.69, 9.17) is 9.15 Å². The molecule has 0 bridgehead atoms. The molecule has 0 radical (unpaired) electrons. The Morgan fingerprint density at radius 2 is 1.69 bits per heavy atom. The van der Waals surface area contributed by atoms with Crippen LogP contribution in [-0.2, 0) is 14.3 Å². The van der Waals surface area contributed by atoms with Crippen LogP contribution in [0.1, 0.15) is 11.8 Å². The lowest BCUT2D eigenvalue weighted by molar-refractivity contribution is -0.134. The smallest absolute Gasteiger partial charge is 0.345 e. The molecule has 0 amide bonds. The topological polar surface area (TPSA) is 97.1 Å². The lowest BCUT2D eigenvalue weighted by Crippen LogP contribution is -2.36. The molecule has 0 aliphatic carbocycles. The average Bonchev–Trinajstić information content (AvgIpc) is 3.52. The number of carbonyl (C=O) groups excluding carboxylic acids is 1. The second kappa shape index (κ2) is 9.61. The van der Waals surface area contributed by atoms with Crippen LogP contribution in [0.2, 0.25) is 0 Å². The number of carboxylic acids is 1. The van der Waals surface area contributed by atoms with Crippen molar-refractivity contribution in [1.29, 1.82) is 0 Å². The van der Waals surface area contributed by atoms with E-state index in [0.29, 0.717) is 29.2 Å². The molecule has 4 heterocycles. The van der Waals surface area contributed by atoms with E-state index in [9.17, 15) is 19.5 Å². The largest absolute Gasteiger partial charge is 0.478 e. The number of thiophene rings is 2. The van der Waals surface area contributed by atoms with Gasteiger partial charge in [-0.15, -0.1) is 22.7 Å². The normalized spacial score (nSPS) is 14.4. The minimum atomic E-state index is -1.24. The number of carboxylic acid groups (broad SMARTS) is 1. The van der Waals surface area contributed by atoms with Gasteiger partial charge < -0.3 is 19.2 Å². The third-order valence-electron chi connectivity index (χ3n) is 5.73. The number of morpholine rings is 1. The first-order valence-corrected chi connectivity index (χ1v) is 12.6. The number of hydrogen-bond donors (Lipinski definition) is 1. The predicted molar refractivity (Wildman–Crippen MR) is 138 cm³/mol. The van der Waals surface area contributed by atoms with Crippen LogP contribution in [0.5, 0.6) is 0 Å². The van der Waals surface area contributed by atoms with Gasteiger partial charge >= 0.3 is 11.6 Å². The number of ketones is 1. The maximum absolute atomic E-state index is 12.8. The van der Waals surface area contributed by atoms with Gasteiger partial charge in [0, 0.05) is 49.7 Å². The summed E-state index contributed by atoms with van der Waals surface area (Å²) >= 11 is 2.84. The second-order valence-electron chi connectivity index (χ2n) is 8.05. The van der Waals surface area contributed by atoms with Gasteiger partial charge in [0.2, 0.25) is 0 Å². The zero-order valence-corrected chi connectivity index (χ0v) is 20.4. The SMILES string of the molecule is CC(=O)/C(=C\c1ccc(-c2ccc(-c3cc4ccc(N5CCOCC5)cc4oc3=O)s2)s1)C(=O)O. The fourth-order valence-electron chi connectivity index (χ4n) is 3.92. The first kappa shape index (κ1) is 23.2. The van der Waals surface area contributed by atoms with Gasteiger partial charge in [0.1, 0.15) is 11.2 Å².